The Morgan fingerprint density at radius 2 is 1.97 bits per heavy atom. The monoisotopic (exact) mass is 583 g/mol. The molecule has 39 heavy (non-hydrogen) atoms. The van der Waals surface area contributed by atoms with Crippen molar-refractivity contribution in [2.24, 2.45) is 0 Å². The van der Waals surface area contributed by atoms with Gasteiger partial charge in [0.1, 0.15) is 34.4 Å². The van der Waals surface area contributed by atoms with Crippen molar-refractivity contribution in [3.63, 3.8) is 0 Å². The summed E-state index contributed by atoms with van der Waals surface area (Å²) >= 11 is 7.01. The molecule has 6 N–H and O–H groups in total. The van der Waals surface area contributed by atoms with Crippen molar-refractivity contribution in [2.75, 3.05) is 18.1 Å². The maximum absolute atomic E-state index is 14.2. The second-order valence-corrected chi connectivity index (χ2v) is 11.9. The van der Waals surface area contributed by atoms with Crippen LogP contribution < -0.4 is 21.1 Å². The molecule has 6 atom stereocenters. The molecule has 0 spiro atoms. The number of carbonyl (C=O) groups is 1. The number of benzene rings is 1. The van der Waals surface area contributed by atoms with E-state index in [-0.39, 0.29) is 28.7 Å². The highest BCUT2D eigenvalue weighted by Gasteiger charge is 2.57. The van der Waals surface area contributed by atoms with Gasteiger partial charge in [-0.3, -0.25) is 13.9 Å². The normalized spacial score (nSPS) is 25.5. The number of alkyl halides is 1. The molecule has 1 fully saturated rings. The Bertz CT molecular complexity index is 1370. The van der Waals surface area contributed by atoms with Crippen LogP contribution in [-0.4, -0.2) is 66.4 Å². The number of anilines is 2. The van der Waals surface area contributed by atoms with E-state index in [1.807, 2.05) is 0 Å². The molecular formula is C23H31ClN7O7P. The van der Waals surface area contributed by atoms with E-state index < -0.39 is 55.8 Å². The summed E-state index contributed by atoms with van der Waals surface area (Å²) in [5.74, 6) is -0.495. The third-order valence-electron chi connectivity index (χ3n) is 5.86. The van der Waals surface area contributed by atoms with Gasteiger partial charge in [-0.15, -0.1) is 11.6 Å². The first-order chi connectivity index (χ1) is 18.3. The van der Waals surface area contributed by atoms with Gasteiger partial charge >= 0.3 is 13.7 Å². The molecule has 2 aromatic heterocycles. The molecule has 1 unspecified atom stereocenters. The Morgan fingerprint density at radius 3 is 2.62 bits per heavy atom. The largest absolute Gasteiger partial charge is 0.462 e. The topological polar surface area (TPSA) is 199 Å². The number of hydrogen-bond acceptors (Lipinski definition) is 12. The van der Waals surface area contributed by atoms with Gasteiger partial charge in [0.25, 0.3) is 0 Å². The molecule has 4 rings (SSSR count). The molecule has 14 nitrogen and oxygen atoms in total. The first-order valence-corrected chi connectivity index (χ1v) is 14.0. The molecule has 3 aromatic rings. The number of hydrogen-bond donors (Lipinski definition) is 4. The molecule has 1 saturated heterocycles. The van der Waals surface area contributed by atoms with Crippen molar-refractivity contribution >= 4 is 48.2 Å². The number of nitrogens with two attached hydrogens (primary N) is 2. The van der Waals surface area contributed by atoms with Crippen LogP contribution >= 0.6 is 19.3 Å². The summed E-state index contributed by atoms with van der Waals surface area (Å²) in [4.78, 5) is 23.4. The standard InChI is InChI=1S/C23H31ClN7O7P/c1-12(2)35-20(33)13(3)30-39(34,37-14-8-6-5-7-9-14)38-17-15(10-32)36-21(23(17,4)24)31-11-27-16-18(25)28-22(26)29-19(16)31/h5-9,11-13,15,17,21,32H,10H2,1-4H3,(H,30,34)(H4,25,26,28,29)/t13-,15+,17+,21+,23+,39?/m0/s1. The Labute approximate surface area is 229 Å². The number of nitrogens with zero attached hydrogens (tertiary/aromatic N) is 4. The minimum Gasteiger partial charge on any atom is -0.462 e. The highest BCUT2D eigenvalue weighted by Crippen LogP contribution is 2.54. The quantitative estimate of drug-likeness (QED) is 0.154. The predicted octanol–water partition coefficient (Wildman–Crippen LogP) is 2.38. The van der Waals surface area contributed by atoms with Gasteiger partial charge in [0.2, 0.25) is 5.95 Å². The fraction of sp³-hybridized carbons (Fsp3) is 0.478. The Kier molecular flexibility index (Phi) is 8.36. The summed E-state index contributed by atoms with van der Waals surface area (Å²) in [5, 5.41) is 12.8. The molecule has 1 aliphatic rings. The molecular weight excluding hydrogens is 553 g/mol. The van der Waals surface area contributed by atoms with Crippen LogP contribution in [0.15, 0.2) is 36.7 Å². The van der Waals surface area contributed by atoms with Gasteiger partial charge in [0.15, 0.2) is 17.7 Å². The number of para-hydroxylation sites is 1. The molecule has 3 heterocycles. The van der Waals surface area contributed by atoms with Gasteiger partial charge in [0, 0.05) is 0 Å². The zero-order valence-electron chi connectivity index (χ0n) is 21.7. The smallest absolute Gasteiger partial charge is 0.459 e. The highest BCUT2D eigenvalue weighted by atomic mass is 35.5. The van der Waals surface area contributed by atoms with E-state index in [2.05, 4.69) is 20.0 Å². The van der Waals surface area contributed by atoms with Crippen molar-refractivity contribution in [3.8, 4) is 5.75 Å². The van der Waals surface area contributed by atoms with E-state index in [0.717, 1.165) is 0 Å². The van der Waals surface area contributed by atoms with E-state index in [0.29, 0.717) is 0 Å². The van der Waals surface area contributed by atoms with Gasteiger partial charge in [0.05, 0.1) is 19.0 Å². The van der Waals surface area contributed by atoms with Crippen molar-refractivity contribution in [2.45, 2.75) is 63.2 Å². The number of carbonyl (C=O) groups excluding carboxylic acids is 1. The van der Waals surface area contributed by atoms with Crippen molar-refractivity contribution < 1.29 is 33.0 Å². The number of halogens is 1. The third kappa shape index (κ3) is 6.11. The van der Waals surface area contributed by atoms with Crippen LogP contribution in [0.1, 0.15) is 33.9 Å². The number of nitrogens with one attached hydrogen (secondary N) is 1. The summed E-state index contributed by atoms with van der Waals surface area (Å²) in [6.07, 6.45) is -2.34. The predicted molar refractivity (Wildman–Crippen MR) is 143 cm³/mol. The molecule has 0 radical (unpaired) electrons. The SMILES string of the molecule is CC(C)OC(=O)[C@H](C)NP(=O)(Oc1ccccc1)O[C@@H]1[C@@H](CO)O[C@@H](n2cnc3c(N)nc(N)nc32)[C@]1(C)Cl. The molecule has 0 aliphatic carbocycles. The van der Waals surface area contributed by atoms with Gasteiger partial charge in [-0.1, -0.05) is 18.2 Å². The lowest BCUT2D eigenvalue weighted by Gasteiger charge is -2.32. The molecule has 16 heteroatoms. The minimum atomic E-state index is -4.36. The fourth-order valence-corrected chi connectivity index (χ4v) is 6.31. The number of esters is 1. The van der Waals surface area contributed by atoms with Crippen LogP contribution in [0, 0.1) is 0 Å². The first kappa shape index (κ1) is 29.0. The van der Waals surface area contributed by atoms with Gasteiger partial charge in [-0.25, -0.2) is 9.55 Å². The fourth-order valence-electron chi connectivity index (χ4n) is 4.12. The van der Waals surface area contributed by atoms with Crippen LogP contribution in [0.4, 0.5) is 11.8 Å². The number of rotatable bonds is 10. The lowest BCUT2D eigenvalue weighted by atomic mass is 10.0. The van der Waals surface area contributed by atoms with E-state index in [1.54, 1.807) is 51.1 Å². The Balaban J connectivity index is 1.68. The minimum absolute atomic E-state index is 0.0595. The molecule has 1 aromatic carbocycles. The van der Waals surface area contributed by atoms with E-state index >= 15 is 0 Å². The molecule has 0 bridgehead atoms. The zero-order chi connectivity index (χ0) is 28.5. The van der Waals surface area contributed by atoms with Crippen molar-refractivity contribution in [1.82, 2.24) is 24.6 Å². The summed E-state index contributed by atoms with van der Waals surface area (Å²) in [6.45, 7) is 5.86. The lowest BCUT2D eigenvalue weighted by Crippen LogP contribution is -2.44. The number of ether oxygens (including phenoxy) is 2. The number of imidazole rings is 1. The van der Waals surface area contributed by atoms with Crippen LogP contribution in [0.2, 0.25) is 0 Å². The number of aliphatic hydroxyl groups is 1. The lowest BCUT2D eigenvalue weighted by molar-refractivity contribution is -0.149. The van der Waals surface area contributed by atoms with E-state index in [9.17, 15) is 14.5 Å². The average Bonchev–Trinajstić information content (AvgIpc) is 3.37. The van der Waals surface area contributed by atoms with Crippen LogP contribution in [0.25, 0.3) is 11.2 Å². The van der Waals surface area contributed by atoms with Gasteiger partial charge in [-0.2, -0.15) is 15.1 Å². The summed E-state index contributed by atoms with van der Waals surface area (Å²) in [7, 11) is -4.36. The highest BCUT2D eigenvalue weighted by molar-refractivity contribution is 7.52. The number of fused-ring (bicyclic) bond motifs is 1. The third-order valence-corrected chi connectivity index (χ3v) is 7.92. The summed E-state index contributed by atoms with van der Waals surface area (Å²) in [6, 6.07) is 7.15. The molecule has 0 saturated carbocycles. The van der Waals surface area contributed by atoms with Crippen molar-refractivity contribution in [3.05, 3.63) is 36.7 Å². The molecule has 212 valence electrons. The second-order valence-electron chi connectivity index (χ2n) is 9.42. The number of nitrogen functional groups attached to an aromatic ring is 2. The first-order valence-electron chi connectivity index (χ1n) is 12.1. The van der Waals surface area contributed by atoms with Crippen molar-refractivity contribution in [1.29, 1.82) is 0 Å². The summed E-state index contributed by atoms with van der Waals surface area (Å²) < 4.78 is 38.7. The molecule has 0 amide bonds. The number of aliphatic hydroxyl groups excluding tert-OH is 1. The van der Waals surface area contributed by atoms with Crippen LogP contribution in [0.5, 0.6) is 5.75 Å². The zero-order valence-corrected chi connectivity index (χ0v) is 23.4. The Hall–Kier alpha value is -3.00. The average molecular weight is 584 g/mol. The van der Waals surface area contributed by atoms with E-state index in [1.165, 1.54) is 17.8 Å². The Morgan fingerprint density at radius 1 is 1.28 bits per heavy atom. The van der Waals surface area contributed by atoms with Gasteiger partial charge in [-0.05, 0) is 39.8 Å². The molecule has 1 aliphatic heterocycles. The van der Waals surface area contributed by atoms with E-state index in [4.69, 9.17) is 41.6 Å². The van der Waals surface area contributed by atoms with Crippen LogP contribution in [0.3, 0.4) is 0 Å². The van der Waals surface area contributed by atoms with Gasteiger partial charge < -0.3 is 30.6 Å². The number of aromatic nitrogens is 4. The maximum atomic E-state index is 14.2. The summed E-state index contributed by atoms with van der Waals surface area (Å²) in [5.41, 5.74) is 12.2. The maximum Gasteiger partial charge on any atom is 0.459 e. The second kappa shape index (κ2) is 11.2. The van der Waals surface area contributed by atoms with Crippen LogP contribution in [-0.2, 0) is 23.4 Å².